The third-order valence-electron chi connectivity index (χ3n) is 5.84. The van der Waals surface area contributed by atoms with Gasteiger partial charge in [-0.3, -0.25) is 9.59 Å². The molecule has 1 fully saturated rings. The number of hydrogen-bond acceptors (Lipinski definition) is 6. The van der Waals surface area contributed by atoms with Crippen LogP contribution < -0.4 is 14.2 Å². The fourth-order valence-corrected chi connectivity index (χ4v) is 4.42. The number of hydrogen-bond donors (Lipinski definition) is 1. The number of halogens is 1. The molecule has 1 aliphatic rings. The Hall–Kier alpha value is -3.19. The van der Waals surface area contributed by atoms with E-state index in [1.165, 1.54) is 31.3 Å². The Balaban J connectivity index is 2.16. The number of aliphatic hydroxyl groups is 1. The van der Waals surface area contributed by atoms with Crippen LogP contribution in [-0.4, -0.2) is 48.6 Å². The van der Waals surface area contributed by atoms with Gasteiger partial charge in [0.1, 0.15) is 23.0 Å². The van der Waals surface area contributed by atoms with Gasteiger partial charge in [-0.1, -0.05) is 43.5 Å². The zero-order valence-corrected chi connectivity index (χ0v) is 21.5. The molecule has 35 heavy (non-hydrogen) atoms. The molecular weight excluding hydrogens is 470 g/mol. The summed E-state index contributed by atoms with van der Waals surface area (Å²) in [5, 5.41) is 11.6. The van der Waals surface area contributed by atoms with Crippen molar-refractivity contribution in [1.29, 1.82) is 0 Å². The minimum absolute atomic E-state index is 0.00724. The lowest BCUT2D eigenvalue weighted by Crippen LogP contribution is -2.30. The number of ether oxygens (including phenoxy) is 3. The molecule has 1 saturated heterocycles. The standard InChI is InChI=1S/C27H32ClNO6/c1-6-7-8-13-29-24(17-9-11-18(12-10-17)35-16(2)3)23(26(31)27(29)32)25(30)19-14-20(28)22(34-5)15-21(19)33-4/h9-12,14-16,24,30H,6-8,13H2,1-5H3/b25-23+. The zero-order valence-electron chi connectivity index (χ0n) is 20.8. The van der Waals surface area contributed by atoms with Gasteiger partial charge in [0, 0.05) is 12.6 Å². The molecule has 0 aliphatic carbocycles. The molecule has 7 nitrogen and oxygen atoms in total. The van der Waals surface area contributed by atoms with E-state index in [2.05, 4.69) is 6.92 Å². The first-order valence-electron chi connectivity index (χ1n) is 11.7. The summed E-state index contributed by atoms with van der Waals surface area (Å²) < 4.78 is 16.4. The lowest BCUT2D eigenvalue weighted by atomic mass is 9.94. The average Bonchev–Trinajstić information content (AvgIpc) is 3.08. The SMILES string of the molecule is CCCCCN1C(=O)C(=O)/C(=C(/O)c2cc(Cl)c(OC)cc2OC)C1c1ccc(OC(C)C)cc1. The first-order valence-corrected chi connectivity index (χ1v) is 12.1. The highest BCUT2D eigenvalue weighted by molar-refractivity contribution is 6.46. The highest BCUT2D eigenvalue weighted by atomic mass is 35.5. The van der Waals surface area contributed by atoms with Gasteiger partial charge in [0.05, 0.1) is 42.5 Å². The van der Waals surface area contributed by atoms with E-state index in [4.69, 9.17) is 25.8 Å². The monoisotopic (exact) mass is 501 g/mol. The van der Waals surface area contributed by atoms with Crippen molar-refractivity contribution in [2.45, 2.75) is 52.2 Å². The summed E-state index contributed by atoms with van der Waals surface area (Å²) in [5.74, 6) is -0.447. The molecule has 2 aromatic rings. The number of carbonyl (C=O) groups is 2. The maximum Gasteiger partial charge on any atom is 0.295 e. The van der Waals surface area contributed by atoms with Crippen LogP contribution in [0.1, 0.15) is 57.2 Å². The molecule has 1 atom stereocenters. The number of unbranched alkanes of at least 4 members (excludes halogenated alkanes) is 2. The molecule has 0 aromatic heterocycles. The summed E-state index contributed by atoms with van der Waals surface area (Å²) >= 11 is 6.31. The third kappa shape index (κ3) is 5.56. The van der Waals surface area contributed by atoms with Gasteiger partial charge in [0.2, 0.25) is 0 Å². The van der Waals surface area contributed by atoms with Crippen LogP contribution in [0.15, 0.2) is 42.0 Å². The van der Waals surface area contributed by atoms with Gasteiger partial charge in [-0.2, -0.15) is 0 Å². The quantitative estimate of drug-likeness (QED) is 0.193. The molecule has 2 aromatic carbocycles. The van der Waals surface area contributed by atoms with Gasteiger partial charge >= 0.3 is 0 Å². The van der Waals surface area contributed by atoms with Gasteiger partial charge in [-0.25, -0.2) is 0 Å². The van der Waals surface area contributed by atoms with Crippen molar-refractivity contribution < 1.29 is 28.9 Å². The molecule has 188 valence electrons. The Morgan fingerprint density at radius 2 is 1.71 bits per heavy atom. The molecule has 0 bridgehead atoms. The van der Waals surface area contributed by atoms with E-state index in [9.17, 15) is 14.7 Å². The van der Waals surface area contributed by atoms with E-state index in [0.29, 0.717) is 23.6 Å². The highest BCUT2D eigenvalue weighted by Gasteiger charge is 2.46. The Morgan fingerprint density at radius 3 is 2.29 bits per heavy atom. The molecule has 0 spiro atoms. The number of Topliss-reactive ketones (excluding diaryl/α,β-unsaturated/α-hetero) is 1. The number of ketones is 1. The van der Waals surface area contributed by atoms with Gasteiger partial charge < -0.3 is 24.2 Å². The van der Waals surface area contributed by atoms with Gasteiger partial charge in [0.25, 0.3) is 11.7 Å². The van der Waals surface area contributed by atoms with Crippen molar-refractivity contribution in [3.8, 4) is 17.2 Å². The lowest BCUT2D eigenvalue weighted by Gasteiger charge is -2.26. The molecular formula is C27H32ClNO6. The Bertz CT molecular complexity index is 1110. The largest absolute Gasteiger partial charge is 0.507 e. The van der Waals surface area contributed by atoms with Crippen LogP contribution in [0, 0.1) is 0 Å². The molecule has 3 rings (SSSR count). The van der Waals surface area contributed by atoms with Crippen LogP contribution in [0.2, 0.25) is 5.02 Å². The van der Waals surface area contributed by atoms with Gasteiger partial charge in [-0.15, -0.1) is 0 Å². The number of amides is 1. The minimum atomic E-state index is -0.759. The fourth-order valence-electron chi connectivity index (χ4n) is 4.18. The predicted molar refractivity (Wildman–Crippen MR) is 135 cm³/mol. The van der Waals surface area contributed by atoms with Crippen molar-refractivity contribution in [3.63, 3.8) is 0 Å². The first kappa shape index (κ1) is 26.4. The topological polar surface area (TPSA) is 85.3 Å². The summed E-state index contributed by atoms with van der Waals surface area (Å²) in [6.45, 7) is 6.33. The van der Waals surface area contributed by atoms with Crippen molar-refractivity contribution in [3.05, 3.63) is 58.1 Å². The Kier molecular flexibility index (Phi) is 8.67. The van der Waals surface area contributed by atoms with E-state index < -0.39 is 17.7 Å². The molecule has 1 aliphatic heterocycles. The number of aliphatic hydroxyl groups excluding tert-OH is 1. The van der Waals surface area contributed by atoms with Crippen molar-refractivity contribution >= 4 is 29.1 Å². The average molecular weight is 502 g/mol. The van der Waals surface area contributed by atoms with Gasteiger partial charge in [0.15, 0.2) is 0 Å². The molecule has 8 heteroatoms. The van der Waals surface area contributed by atoms with E-state index in [0.717, 1.165) is 19.3 Å². The second-order valence-corrected chi connectivity index (χ2v) is 9.03. The summed E-state index contributed by atoms with van der Waals surface area (Å²) in [5.41, 5.74) is 0.884. The fraction of sp³-hybridized carbons (Fsp3) is 0.407. The highest BCUT2D eigenvalue weighted by Crippen LogP contribution is 2.43. The van der Waals surface area contributed by atoms with E-state index in [1.807, 2.05) is 26.0 Å². The number of benzene rings is 2. The van der Waals surface area contributed by atoms with Crippen molar-refractivity contribution in [1.82, 2.24) is 4.90 Å². The second-order valence-electron chi connectivity index (χ2n) is 8.62. The second kappa shape index (κ2) is 11.5. The molecule has 0 saturated carbocycles. The van der Waals surface area contributed by atoms with Crippen LogP contribution in [0.4, 0.5) is 0 Å². The summed E-state index contributed by atoms with van der Waals surface area (Å²) in [7, 11) is 2.91. The van der Waals surface area contributed by atoms with Crippen molar-refractivity contribution in [2.75, 3.05) is 20.8 Å². The zero-order chi connectivity index (χ0) is 25.7. The molecule has 1 N–H and O–H groups in total. The normalized spacial score (nSPS) is 17.2. The molecule has 1 heterocycles. The number of methoxy groups -OCH3 is 2. The summed E-state index contributed by atoms with van der Waals surface area (Å²) in [6.07, 6.45) is 2.63. The van der Waals surface area contributed by atoms with E-state index >= 15 is 0 Å². The van der Waals surface area contributed by atoms with Crippen LogP contribution in [0.5, 0.6) is 17.2 Å². The lowest BCUT2D eigenvalue weighted by molar-refractivity contribution is -0.139. The third-order valence-corrected chi connectivity index (χ3v) is 6.13. The minimum Gasteiger partial charge on any atom is -0.507 e. The Morgan fingerprint density at radius 1 is 1.06 bits per heavy atom. The maximum absolute atomic E-state index is 13.2. The summed E-state index contributed by atoms with van der Waals surface area (Å²) in [6, 6.07) is 9.46. The summed E-state index contributed by atoms with van der Waals surface area (Å²) in [4.78, 5) is 27.9. The van der Waals surface area contributed by atoms with Crippen LogP contribution in [0.25, 0.3) is 5.76 Å². The van der Waals surface area contributed by atoms with Crippen LogP contribution in [0.3, 0.4) is 0 Å². The molecule has 0 radical (unpaired) electrons. The van der Waals surface area contributed by atoms with E-state index in [1.54, 1.807) is 12.1 Å². The predicted octanol–water partition coefficient (Wildman–Crippen LogP) is 5.76. The number of likely N-dealkylation sites (tertiary alicyclic amines) is 1. The first-order chi connectivity index (χ1) is 16.7. The van der Waals surface area contributed by atoms with Crippen molar-refractivity contribution in [2.24, 2.45) is 0 Å². The molecule has 1 unspecified atom stereocenters. The number of nitrogens with zero attached hydrogens (tertiary/aromatic N) is 1. The van der Waals surface area contributed by atoms with Crippen LogP contribution in [-0.2, 0) is 9.59 Å². The van der Waals surface area contributed by atoms with Crippen LogP contribution >= 0.6 is 11.6 Å². The maximum atomic E-state index is 13.2. The smallest absolute Gasteiger partial charge is 0.295 e. The number of rotatable bonds is 10. The van der Waals surface area contributed by atoms with Gasteiger partial charge in [-0.05, 0) is 44.0 Å². The Labute approximate surface area is 211 Å². The van der Waals surface area contributed by atoms with E-state index in [-0.39, 0.29) is 33.8 Å². The molecule has 1 amide bonds. The number of carbonyl (C=O) groups excluding carboxylic acids is 2.